The molecule has 0 aliphatic carbocycles. The van der Waals surface area contributed by atoms with Gasteiger partial charge in [0.1, 0.15) is 15.7 Å². The van der Waals surface area contributed by atoms with Crippen LogP contribution in [-0.2, 0) is 0 Å². The number of nitrogens with two attached hydrogens (primary N) is 1. The molecule has 0 radical (unpaired) electrons. The lowest BCUT2D eigenvalue weighted by Crippen LogP contribution is -2.02. The molecule has 0 aliphatic rings. The highest BCUT2D eigenvalue weighted by Gasteiger charge is 2.16. The Morgan fingerprint density at radius 2 is 1.95 bits per heavy atom. The van der Waals surface area contributed by atoms with Gasteiger partial charge in [0.05, 0.1) is 18.2 Å². The molecule has 3 aromatic rings. The fraction of sp³-hybridized carbons (Fsp3) is 0.200. The van der Waals surface area contributed by atoms with Crippen molar-refractivity contribution in [2.45, 2.75) is 19.9 Å². The zero-order valence-corrected chi connectivity index (χ0v) is 12.3. The average Bonchev–Trinajstić information content (AvgIpc) is 3.05. The van der Waals surface area contributed by atoms with Gasteiger partial charge in [-0.1, -0.05) is 41.7 Å². The Bertz CT molecular complexity index is 713. The lowest BCUT2D eigenvalue weighted by atomic mass is 10.2. The maximum absolute atomic E-state index is 6.15. The van der Waals surface area contributed by atoms with Crippen LogP contribution in [0.2, 0.25) is 0 Å². The molecule has 0 amide bonds. The molecule has 0 unspecified atom stereocenters. The number of anilines is 1. The molecule has 3 rings (SSSR count). The molecular formula is C15H16N4S. The summed E-state index contributed by atoms with van der Waals surface area (Å²) in [4.78, 5) is 8.91. The van der Waals surface area contributed by atoms with Crippen LogP contribution in [0.1, 0.15) is 19.9 Å². The minimum absolute atomic E-state index is 0.328. The molecular weight excluding hydrogens is 268 g/mol. The van der Waals surface area contributed by atoms with Crippen LogP contribution >= 0.6 is 11.3 Å². The third-order valence-electron chi connectivity index (χ3n) is 3.14. The maximum atomic E-state index is 6.15. The fourth-order valence-electron chi connectivity index (χ4n) is 2.12. The molecule has 1 aromatic carbocycles. The second-order valence-corrected chi connectivity index (χ2v) is 5.91. The first kappa shape index (κ1) is 12.9. The first-order valence-electron chi connectivity index (χ1n) is 6.50. The Labute approximate surface area is 121 Å². The first-order chi connectivity index (χ1) is 9.66. The van der Waals surface area contributed by atoms with Crippen molar-refractivity contribution >= 4 is 16.3 Å². The van der Waals surface area contributed by atoms with Gasteiger partial charge in [0, 0.05) is 11.6 Å². The number of thiazole rings is 1. The molecule has 20 heavy (non-hydrogen) atoms. The summed E-state index contributed by atoms with van der Waals surface area (Å²) in [6.07, 6.45) is 3.64. The monoisotopic (exact) mass is 284 g/mol. The Morgan fingerprint density at radius 1 is 1.20 bits per heavy atom. The van der Waals surface area contributed by atoms with E-state index in [0.717, 1.165) is 27.0 Å². The van der Waals surface area contributed by atoms with E-state index in [2.05, 4.69) is 23.4 Å². The normalized spacial score (nSPS) is 11.2. The highest BCUT2D eigenvalue weighted by Crippen LogP contribution is 2.36. The van der Waals surface area contributed by atoms with Gasteiger partial charge in [-0.3, -0.25) is 0 Å². The fourth-order valence-corrected chi connectivity index (χ4v) is 2.97. The van der Waals surface area contributed by atoms with Crippen LogP contribution in [0.15, 0.2) is 42.9 Å². The van der Waals surface area contributed by atoms with Crippen molar-refractivity contribution in [3.05, 3.63) is 42.9 Å². The van der Waals surface area contributed by atoms with E-state index in [4.69, 9.17) is 10.7 Å². The van der Waals surface area contributed by atoms with E-state index >= 15 is 0 Å². The van der Waals surface area contributed by atoms with E-state index in [0.29, 0.717) is 6.04 Å². The van der Waals surface area contributed by atoms with Crippen molar-refractivity contribution in [1.82, 2.24) is 14.5 Å². The first-order valence-corrected chi connectivity index (χ1v) is 7.32. The van der Waals surface area contributed by atoms with Crippen LogP contribution in [0.5, 0.6) is 0 Å². The Morgan fingerprint density at radius 3 is 2.65 bits per heavy atom. The third-order valence-corrected chi connectivity index (χ3v) is 4.07. The van der Waals surface area contributed by atoms with Crippen LogP contribution in [0, 0.1) is 0 Å². The molecule has 2 aromatic heterocycles. The van der Waals surface area contributed by atoms with Gasteiger partial charge in [-0.25, -0.2) is 9.97 Å². The zero-order chi connectivity index (χ0) is 14.1. The third kappa shape index (κ3) is 2.20. The SMILES string of the molecule is CC(C)n1cncc1-c1nc(-c2ccccc2)sc1N. The zero-order valence-electron chi connectivity index (χ0n) is 11.4. The van der Waals surface area contributed by atoms with Gasteiger partial charge in [-0.15, -0.1) is 0 Å². The van der Waals surface area contributed by atoms with E-state index in [1.54, 1.807) is 0 Å². The Balaban J connectivity index is 2.08. The second-order valence-electron chi connectivity index (χ2n) is 4.88. The predicted octanol–water partition coefficient (Wildman–Crippen LogP) is 3.84. The molecule has 0 saturated heterocycles. The van der Waals surface area contributed by atoms with Crippen LogP contribution in [0.25, 0.3) is 22.0 Å². The summed E-state index contributed by atoms with van der Waals surface area (Å²) >= 11 is 1.51. The summed E-state index contributed by atoms with van der Waals surface area (Å²) in [6.45, 7) is 4.23. The molecule has 0 spiro atoms. The largest absolute Gasteiger partial charge is 0.389 e. The number of nitrogen functional groups attached to an aromatic ring is 1. The van der Waals surface area contributed by atoms with E-state index in [1.165, 1.54) is 11.3 Å². The van der Waals surface area contributed by atoms with Crippen molar-refractivity contribution in [2.24, 2.45) is 0 Å². The highest BCUT2D eigenvalue weighted by atomic mass is 32.1. The minimum atomic E-state index is 0.328. The van der Waals surface area contributed by atoms with Crippen molar-refractivity contribution in [1.29, 1.82) is 0 Å². The molecule has 0 atom stereocenters. The molecule has 0 aliphatic heterocycles. The van der Waals surface area contributed by atoms with E-state index < -0.39 is 0 Å². The lowest BCUT2D eigenvalue weighted by Gasteiger charge is -2.10. The minimum Gasteiger partial charge on any atom is -0.389 e. The maximum Gasteiger partial charge on any atom is 0.126 e. The highest BCUT2D eigenvalue weighted by molar-refractivity contribution is 7.19. The van der Waals surface area contributed by atoms with Gasteiger partial charge in [-0.05, 0) is 13.8 Å². The van der Waals surface area contributed by atoms with Gasteiger partial charge in [0.25, 0.3) is 0 Å². The molecule has 102 valence electrons. The van der Waals surface area contributed by atoms with Crippen molar-refractivity contribution < 1.29 is 0 Å². The van der Waals surface area contributed by atoms with Crippen LogP contribution < -0.4 is 5.73 Å². The Kier molecular flexibility index (Phi) is 3.28. The summed E-state index contributed by atoms with van der Waals surface area (Å²) in [5.41, 5.74) is 9.03. The van der Waals surface area contributed by atoms with Crippen LogP contribution in [0.3, 0.4) is 0 Å². The second kappa shape index (κ2) is 5.09. The average molecular weight is 284 g/mol. The number of nitrogens with zero attached hydrogens (tertiary/aromatic N) is 3. The quantitative estimate of drug-likeness (QED) is 0.795. The van der Waals surface area contributed by atoms with Gasteiger partial charge < -0.3 is 10.3 Å². The Hall–Kier alpha value is -2.14. The van der Waals surface area contributed by atoms with Crippen molar-refractivity contribution in [3.63, 3.8) is 0 Å². The number of hydrogen-bond acceptors (Lipinski definition) is 4. The van der Waals surface area contributed by atoms with Crippen LogP contribution in [0.4, 0.5) is 5.00 Å². The summed E-state index contributed by atoms with van der Waals surface area (Å²) in [5, 5.41) is 1.67. The number of benzene rings is 1. The number of rotatable bonds is 3. The summed E-state index contributed by atoms with van der Waals surface area (Å²) in [6, 6.07) is 10.4. The molecule has 2 N–H and O–H groups in total. The van der Waals surface area contributed by atoms with E-state index in [1.807, 2.05) is 42.9 Å². The standard InChI is InChI=1S/C15H16N4S/c1-10(2)19-9-17-8-12(19)13-14(16)20-15(18-13)11-6-4-3-5-7-11/h3-10H,16H2,1-2H3. The summed E-state index contributed by atoms with van der Waals surface area (Å²) < 4.78 is 2.08. The molecule has 5 heteroatoms. The van der Waals surface area contributed by atoms with Crippen molar-refractivity contribution in [3.8, 4) is 22.0 Å². The van der Waals surface area contributed by atoms with Crippen molar-refractivity contribution in [2.75, 3.05) is 5.73 Å². The number of imidazole rings is 1. The number of hydrogen-bond donors (Lipinski definition) is 1. The van der Waals surface area contributed by atoms with Gasteiger partial charge >= 0.3 is 0 Å². The van der Waals surface area contributed by atoms with Gasteiger partial charge in [-0.2, -0.15) is 0 Å². The van der Waals surface area contributed by atoms with Gasteiger partial charge in [0.2, 0.25) is 0 Å². The molecule has 4 nitrogen and oxygen atoms in total. The molecule has 0 fully saturated rings. The predicted molar refractivity (Wildman–Crippen MR) is 83.6 cm³/mol. The smallest absolute Gasteiger partial charge is 0.126 e. The summed E-state index contributed by atoms with van der Waals surface area (Å²) in [5.74, 6) is 0. The van der Waals surface area contributed by atoms with Gasteiger partial charge in [0.15, 0.2) is 0 Å². The molecule has 0 saturated carbocycles. The summed E-state index contributed by atoms with van der Waals surface area (Å²) in [7, 11) is 0. The van der Waals surface area contributed by atoms with Crippen LogP contribution in [-0.4, -0.2) is 14.5 Å². The van der Waals surface area contributed by atoms with E-state index in [-0.39, 0.29) is 0 Å². The number of aromatic nitrogens is 3. The topological polar surface area (TPSA) is 56.7 Å². The lowest BCUT2D eigenvalue weighted by molar-refractivity contribution is 0.605. The molecule has 2 heterocycles. The molecule has 0 bridgehead atoms. The van der Waals surface area contributed by atoms with E-state index in [9.17, 15) is 0 Å².